The van der Waals surface area contributed by atoms with Crippen molar-refractivity contribution in [1.82, 2.24) is 5.32 Å². The summed E-state index contributed by atoms with van der Waals surface area (Å²) in [5.41, 5.74) is 1.69. The van der Waals surface area contributed by atoms with Gasteiger partial charge in [-0.2, -0.15) is 0 Å². The van der Waals surface area contributed by atoms with Gasteiger partial charge < -0.3 is 15.2 Å². The lowest BCUT2D eigenvalue weighted by atomic mass is 10.1. The molecule has 6 nitrogen and oxygen atoms in total. The third-order valence-electron chi connectivity index (χ3n) is 3.22. The van der Waals surface area contributed by atoms with E-state index in [-0.39, 0.29) is 0 Å². The lowest BCUT2D eigenvalue weighted by molar-refractivity contribution is -0.139. The summed E-state index contributed by atoms with van der Waals surface area (Å²) in [6.07, 6.45) is 0.901. The third kappa shape index (κ3) is 5.07. The molecule has 6 heteroatoms. The highest BCUT2D eigenvalue weighted by molar-refractivity contribution is 5.94. The number of carbonyl (C=O) groups is 2. The van der Waals surface area contributed by atoms with Gasteiger partial charge in [0.15, 0.2) is 0 Å². The van der Waals surface area contributed by atoms with Crippen LogP contribution in [0.4, 0.5) is 10.5 Å². The van der Waals surface area contributed by atoms with Crippen LogP contribution in [0, 0.1) is 6.92 Å². The maximum Gasteiger partial charge on any atom is 0.326 e. The van der Waals surface area contributed by atoms with Crippen LogP contribution in [-0.2, 0) is 9.53 Å². The highest BCUT2D eigenvalue weighted by Crippen LogP contribution is 2.17. The van der Waals surface area contributed by atoms with E-state index in [1.54, 1.807) is 14.2 Å². The number of aryl methyl sites for hydroxylation is 1. The molecule has 21 heavy (non-hydrogen) atoms. The molecule has 0 spiro atoms. The van der Waals surface area contributed by atoms with Gasteiger partial charge in [0.2, 0.25) is 0 Å². The fourth-order valence-corrected chi connectivity index (χ4v) is 1.98. The second-order valence-corrected chi connectivity index (χ2v) is 4.82. The standard InChI is InChI=1S/C15H22N2O4/c1-11-7-4-5-9-13(11)17(2)15(20)16-12(14(18)19)8-6-10-21-3/h4-5,7,9,12H,6,8,10H2,1-3H3,(H,16,20)(H,18,19). The molecular weight excluding hydrogens is 272 g/mol. The predicted octanol–water partition coefficient (Wildman–Crippen LogP) is 2.02. The summed E-state index contributed by atoms with van der Waals surface area (Å²) in [7, 11) is 3.17. The Kier molecular flexibility index (Phi) is 6.68. The molecule has 2 N–H and O–H groups in total. The van der Waals surface area contributed by atoms with Crippen LogP contribution in [0.25, 0.3) is 0 Å². The molecule has 1 aromatic carbocycles. The number of hydrogen-bond donors (Lipinski definition) is 2. The van der Waals surface area contributed by atoms with Gasteiger partial charge in [-0.15, -0.1) is 0 Å². The molecule has 1 rings (SSSR count). The molecule has 0 bridgehead atoms. The predicted molar refractivity (Wildman–Crippen MR) is 80.6 cm³/mol. The van der Waals surface area contributed by atoms with E-state index in [0.717, 1.165) is 11.3 Å². The molecule has 0 aliphatic carbocycles. The smallest absolute Gasteiger partial charge is 0.326 e. The number of carboxylic acid groups (broad SMARTS) is 1. The molecule has 0 radical (unpaired) electrons. The Morgan fingerprint density at radius 1 is 1.38 bits per heavy atom. The quantitative estimate of drug-likeness (QED) is 0.754. The molecule has 0 heterocycles. The van der Waals surface area contributed by atoms with Crippen LogP contribution in [0.15, 0.2) is 24.3 Å². The van der Waals surface area contributed by atoms with E-state index in [0.29, 0.717) is 19.4 Å². The fraction of sp³-hybridized carbons (Fsp3) is 0.467. The van der Waals surface area contributed by atoms with E-state index in [1.165, 1.54) is 4.90 Å². The van der Waals surface area contributed by atoms with Crippen molar-refractivity contribution in [3.63, 3.8) is 0 Å². The first-order valence-electron chi connectivity index (χ1n) is 6.79. The zero-order valence-electron chi connectivity index (χ0n) is 12.6. The number of carboxylic acids is 1. The molecular formula is C15H22N2O4. The lowest BCUT2D eigenvalue weighted by Gasteiger charge is -2.22. The second kappa shape index (κ2) is 8.26. The van der Waals surface area contributed by atoms with Gasteiger partial charge in [0.05, 0.1) is 0 Å². The van der Waals surface area contributed by atoms with Crippen molar-refractivity contribution in [3.8, 4) is 0 Å². The Labute approximate surface area is 124 Å². The first-order chi connectivity index (χ1) is 9.97. The fourth-order valence-electron chi connectivity index (χ4n) is 1.98. The molecule has 0 aliphatic rings. The number of nitrogens with zero attached hydrogens (tertiary/aromatic N) is 1. The number of carbonyl (C=O) groups excluding carboxylic acids is 1. The highest BCUT2D eigenvalue weighted by Gasteiger charge is 2.22. The van der Waals surface area contributed by atoms with Crippen molar-refractivity contribution in [3.05, 3.63) is 29.8 Å². The maximum absolute atomic E-state index is 12.2. The summed E-state index contributed by atoms with van der Waals surface area (Å²) in [4.78, 5) is 24.8. The van der Waals surface area contributed by atoms with Crippen LogP contribution >= 0.6 is 0 Å². The van der Waals surface area contributed by atoms with Crippen LogP contribution in [-0.4, -0.2) is 43.9 Å². The molecule has 0 saturated heterocycles. The van der Waals surface area contributed by atoms with E-state index in [9.17, 15) is 9.59 Å². The number of urea groups is 1. The summed E-state index contributed by atoms with van der Waals surface area (Å²) in [5, 5.41) is 11.7. The van der Waals surface area contributed by atoms with Gasteiger partial charge in [0, 0.05) is 26.5 Å². The third-order valence-corrected chi connectivity index (χ3v) is 3.22. The van der Waals surface area contributed by atoms with Crippen molar-refractivity contribution in [1.29, 1.82) is 0 Å². The topological polar surface area (TPSA) is 78.9 Å². The normalized spacial score (nSPS) is 11.8. The van der Waals surface area contributed by atoms with Gasteiger partial charge in [-0.05, 0) is 31.4 Å². The number of nitrogens with one attached hydrogen (secondary N) is 1. The molecule has 1 aromatic rings. The van der Waals surface area contributed by atoms with Gasteiger partial charge in [-0.1, -0.05) is 18.2 Å². The van der Waals surface area contributed by atoms with E-state index in [2.05, 4.69) is 5.32 Å². The number of rotatable bonds is 7. The van der Waals surface area contributed by atoms with Gasteiger partial charge >= 0.3 is 12.0 Å². The Morgan fingerprint density at radius 3 is 2.62 bits per heavy atom. The Bertz CT molecular complexity index is 490. The molecule has 2 amide bonds. The zero-order chi connectivity index (χ0) is 15.8. The van der Waals surface area contributed by atoms with E-state index >= 15 is 0 Å². The Morgan fingerprint density at radius 2 is 2.05 bits per heavy atom. The molecule has 0 fully saturated rings. The first-order valence-corrected chi connectivity index (χ1v) is 6.79. The van der Waals surface area contributed by atoms with E-state index in [1.807, 2.05) is 31.2 Å². The summed E-state index contributed by atoms with van der Waals surface area (Å²) >= 11 is 0. The van der Waals surface area contributed by atoms with Crippen LogP contribution in [0.2, 0.25) is 0 Å². The number of amides is 2. The van der Waals surface area contributed by atoms with E-state index in [4.69, 9.17) is 9.84 Å². The lowest BCUT2D eigenvalue weighted by Crippen LogP contribution is -2.47. The second-order valence-electron chi connectivity index (χ2n) is 4.82. The van der Waals surface area contributed by atoms with Crippen LogP contribution in [0.3, 0.4) is 0 Å². The minimum absolute atomic E-state index is 0.330. The van der Waals surface area contributed by atoms with Gasteiger partial charge in [-0.25, -0.2) is 9.59 Å². The minimum Gasteiger partial charge on any atom is -0.480 e. The number of aliphatic carboxylic acids is 1. The average molecular weight is 294 g/mol. The van der Waals surface area contributed by atoms with Crippen molar-refractivity contribution >= 4 is 17.7 Å². The number of hydrogen-bond acceptors (Lipinski definition) is 3. The van der Waals surface area contributed by atoms with Crippen LogP contribution in [0.5, 0.6) is 0 Å². The molecule has 1 atom stereocenters. The molecule has 116 valence electrons. The number of methoxy groups -OCH3 is 1. The summed E-state index contributed by atoms with van der Waals surface area (Å²) in [6.45, 7) is 2.36. The van der Waals surface area contributed by atoms with Gasteiger partial charge in [0.1, 0.15) is 6.04 Å². The maximum atomic E-state index is 12.2. The Hall–Kier alpha value is -2.08. The Balaban J connectivity index is 2.68. The van der Waals surface area contributed by atoms with Crippen molar-refractivity contribution < 1.29 is 19.4 Å². The first kappa shape index (κ1) is 17.0. The highest BCUT2D eigenvalue weighted by atomic mass is 16.5. The number of ether oxygens (including phenoxy) is 1. The SMILES string of the molecule is COCCCC(NC(=O)N(C)c1ccccc1C)C(=O)O. The van der Waals surface area contributed by atoms with Crippen molar-refractivity contribution in [2.75, 3.05) is 25.7 Å². The average Bonchev–Trinajstić information content (AvgIpc) is 2.45. The monoisotopic (exact) mass is 294 g/mol. The van der Waals surface area contributed by atoms with Crippen molar-refractivity contribution in [2.24, 2.45) is 0 Å². The van der Waals surface area contributed by atoms with Gasteiger partial charge in [-0.3, -0.25) is 4.90 Å². The number of anilines is 1. The van der Waals surface area contributed by atoms with Crippen LogP contribution < -0.4 is 10.2 Å². The molecule has 1 unspecified atom stereocenters. The van der Waals surface area contributed by atoms with Gasteiger partial charge in [0.25, 0.3) is 0 Å². The van der Waals surface area contributed by atoms with Crippen molar-refractivity contribution in [2.45, 2.75) is 25.8 Å². The summed E-state index contributed by atoms with van der Waals surface area (Å²) in [6, 6.07) is 6.07. The summed E-state index contributed by atoms with van der Waals surface area (Å²) < 4.78 is 4.89. The number of para-hydroxylation sites is 1. The van der Waals surface area contributed by atoms with Crippen LogP contribution in [0.1, 0.15) is 18.4 Å². The molecule has 0 aromatic heterocycles. The summed E-state index contributed by atoms with van der Waals surface area (Å²) in [5.74, 6) is -1.04. The molecule has 0 aliphatic heterocycles. The number of benzene rings is 1. The zero-order valence-corrected chi connectivity index (χ0v) is 12.6. The molecule has 0 saturated carbocycles. The largest absolute Gasteiger partial charge is 0.480 e. The van der Waals surface area contributed by atoms with E-state index < -0.39 is 18.0 Å². The minimum atomic E-state index is -1.04.